The molecule has 7 nitrogen and oxygen atoms in total. The Morgan fingerprint density at radius 3 is 2.64 bits per heavy atom. The van der Waals surface area contributed by atoms with Gasteiger partial charge in [0.25, 0.3) is 0 Å². The largest absolute Gasteiger partial charge is 0.481 e. The van der Waals surface area contributed by atoms with Crippen LogP contribution in [0.5, 0.6) is 5.88 Å². The van der Waals surface area contributed by atoms with Crippen LogP contribution in [0, 0.1) is 6.92 Å². The fourth-order valence-electron chi connectivity index (χ4n) is 2.09. The van der Waals surface area contributed by atoms with Crippen molar-refractivity contribution in [1.29, 1.82) is 0 Å². The van der Waals surface area contributed by atoms with Gasteiger partial charge in [0.1, 0.15) is 11.9 Å². The molecule has 7 heteroatoms. The minimum Gasteiger partial charge on any atom is -0.481 e. The molecule has 2 heterocycles. The fraction of sp³-hybridized carbons (Fsp3) is 0.200. The number of nitrogens with zero attached hydrogens (tertiary/aromatic N) is 4. The van der Waals surface area contributed by atoms with Gasteiger partial charge < -0.3 is 10.1 Å². The first-order valence-corrected chi connectivity index (χ1v) is 6.83. The number of aromatic nitrogens is 5. The SMILES string of the molecule is COc1ccnc(NC(c2ccccc2)c2n[nH]c(C)n2)n1. The second kappa shape index (κ2) is 6.21. The van der Waals surface area contributed by atoms with Gasteiger partial charge in [0.05, 0.1) is 7.11 Å². The smallest absolute Gasteiger partial charge is 0.226 e. The van der Waals surface area contributed by atoms with Crippen molar-refractivity contribution >= 4 is 5.95 Å². The molecule has 2 aromatic heterocycles. The maximum atomic E-state index is 5.12. The molecule has 0 amide bonds. The van der Waals surface area contributed by atoms with Crippen molar-refractivity contribution < 1.29 is 4.74 Å². The van der Waals surface area contributed by atoms with Gasteiger partial charge in [-0.25, -0.2) is 9.97 Å². The van der Waals surface area contributed by atoms with Crippen molar-refractivity contribution in [3.8, 4) is 5.88 Å². The highest BCUT2D eigenvalue weighted by atomic mass is 16.5. The lowest BCUT2D eigenvalue weighted by Gasteiger charge is -2.16. The normalized spacial score (nSPS) is 11.9. The molecule has 0 aliphatic rings. The zero-order valence-corrected chi connectivity index (χ0v) is 12.3. The molecule has 0 spiro atoms. The Hall–Kier alpha value is -2.96. The first-order chi connectivity index (χ1) is 10.8. The predicted octanol–water partition coefficient (Wildman–Crippen LogP) is 2.11. The summed E-state index contributed by atoms with van der Waals surface area (Å²) in [4.78, 5) is 12.9. The lowest BCUT2D eigenvalue weighted by Crippen LogP contribution is -2.16. The lowest BCUT2D eigenvalue weighted by molar-refractivity contribution is 0.397. The lowest BCUT2D eigenvalue weighted by atomic mass is 10.1. The number of rotatable bonds is 5. The van der Waals surface area contributed by atoms with Crippen molar-refractivity contribution in [3.63, 3.8) is 0 Å². The van der Waals surface area contributed by atoms with E-state index in [1.165, 1.54) is 0 Å². The third-order valence-corrected chi connectivity index (χ3v) is 3.12. The predicted molar refractivity (Wildman–Crippen MR) is 81.6 cm³/mol. The van der Waals surface area contributed by atoms with Gasteiger partial charge in [-0.05, 0) is 12.5 Å². The van der Waals surface area contributed by atoms with Gasteiger partial charge in [-0.1, -0.05) is 30.3 Å². The van der Waals surface area contributed by atoms with Gasteiger partial charge in [0, 0.05) is 12.3 Å². The molecule has 3 aromatic rings. The fourth-order valence-corrected chi connectivity index (χ4v) is 2.09. The number of H-pyrrole nitrogens is 1. The number of anilines is 1. The van der Waals surface area contributed by atoms with E-state index in [1.54, 1.807) is 19.4 Å². The van der Waals surface area contributed by atoms with Crippen LogP contribution >= 0.6 is 0 Å². The molecule has 0 bridgehead atoms. The van der Waals surface area contributed by atoms with Gasteiger partial charge in [0.2, 0.25) is 11.8 Å². The molecule has 1 aromatic carbocycles. The van der Waals surface area contributed by atoms with E-state index in [0.717, 1.165) is 11.4 Å². The molecular weight excluding hydrogens is 280 g/mol. The molecular formula is C15H16N6O. The van der Waals surface area contributed by atoms with Crippen LogP contribution in [-0.2, 0) is 0 Å². The summed E-state index contributed by atoms with van der Waals surface area (Å²) in [5, 5.41) is 10.4. The summed E-state index contributed by atoms with van der Waals surface area (Å²) in [6.07, 6.45) is 1.64. The Balaban J connectivity index is 1.95. The molecule has 0 saturated heterocycles. The first-order valence-electron chi connectivity index (χ1n) is 6.83. The molecule has 112 valence electrons. The van der Waals surface area contributed by atoms with Crippen LogP contribution in [0.1, 0.15) is 23.3 Å². The van der Waals surface area contributed by atoms with Crippen LogP contribution in [-0.4, -0.2) is 32.3 Å². The van der Waals surface area contributed by atoms with Gasteiger partial charge >= 0.3 is 0 Å². The third kappa shape index (κ3) is 3.03. The van der Waals surface area contributed by atoms with Crippen LogP contribution in [0.2, 0.25) is 0 Å². The molecule has 0 fully saturated rings. The summed E-state index contributed by atoms with van der Waals surface area (Å²) in [7, 11) is 1.57. The van der Waals surface area contributed by atoms with Gasteiger partial charge in [0.15, 0.2) is 5.82 Å². The Morgan fingerprint density at radius 2 is 1.95 bits per heavy atom. The molecule has 0 saturated carbocycles. The number of methoxy groups -OCH3 is 1. The van der Waals surface area contributed by atoms with E-state index in [-0.39, 0.29) is 6.04 Å². The minimum atomic E-state index is -0.252. The van der Waals surface area contributed by atoms with Crippen molar-refractivity contribution in [2.45, 2.75) is 13.0 Å². The van der Waals surface area contributed by atoms with Crippen LogP contribution in [0.4, 0.5) is 5.95 Å². The maximum Gasteiger partial charge on any atom is 0.226 e. The number of ether oxygens (including phenoxy) is 1. The quantitative estimate of drug-likeness (QED) is 0.749. The minimum absolute atomic E-state index is 0.252. The number of aryl methyl sites for hydroxylation is 1. The Kier molecular flexibility index (Phi) is 3.95. The zero-order chi connectivity index (χ0) is 15.4. The van der Waals surface area contributed by atoms with Crippen molar-refractivity contribution in [2.75, 3.05) is 12.4 Å². The Morgan fingerprint density at radius 1 is 1.14 bits per heavy atom. The molecule has 0 aliphatic heterocycles. The monoisotopic (exact) mass is 296 g/mol. The number of hydrogen-bond acceptors (Lipinski definition) is 6. The summed E-state index contributed by atoms with van der Waals surface area (Å²) >= 11 is 0. The molecule has 0 radical (unpaired) electrons. The standard InChI is InChI=1S/C15H16N6O/c1-10-17-14(21-20-10)13(11-6-4-3-5-7-11)19-15-16-9-8-12(18-15)22-2/h3-9,13H,1-2H3,(H,16,18,19)(H,17,20,21). The van der Waals surface area contributed by atoms with Crippen molar-refractivity contribution in [1.82, 2.24) is 25.1 Å². The Labute approximate surface area is 127 Å². The molecule has 2 N–H and O–H groups in total. The maximum absolute atomic E-state index is 5.12. The molecule has 1 atom stereocenters. The van der Waals surface area contributed by atoms with E-state index >= 15 is 0 Å². The van der Waals surface area contributed by atoms with E-state index in [0.29, 0.717) is 17.7 Å². The van der Waals surface area contributed by atoms with Gasteiger partial charge in [-0.3, -0.25) is 5.10 Å². The van der Waals surface area contributed by atoms with Crippen LogP contribution in [0.3, 0.4) is 0 Å². The molecule has 1 unspecified atom stereocenters. The first kappa shape index (κ1) is 14.0. The van der Waals surface area contributed by atoms with Crippen molar-refractivity contribution in [3.05, 3.63) is 59.8 Å². The summed E-state index contributed by atoms with van der Waals surface area (Å²) in [5.41, 5.74) is 1.02. The van der Waals surface area contributed by atoms with Crippen molar-refractivity contribution in [2.24, 2.45) is 0 Å². The van der Waals surface area contributed by atoms with E-state index < -0.39 is 0 Å². The third-order valence-electron chi connectivity index (χ3n) is 3.12. The van der Waals surface area contributed by atoms with Crippen LogP contribution < -0.4 is 10.1 Å². The molecule has 0 aliphatic carbocycles. The van der Waals surface area contributed by atoms with E-state index in [2.05, 4.69) is 30.5 Å². The highest BCUT2D eigenvalue weighted by molar-refractivity contribution is 5.37. The molecule has 22 heavy (non-hydrogen) atoms. The zero-order valence-electron chi connectivity index (χ0n) is 12.3. The van der Waals surface area contributed by atoms with E-state index in [9.17, 15) is 0 Å². The highest BCUT2D eigenvalue weighted by Gasteiger charge is 2.19. The average Bonchev–Trinajstić information content (AvgIpc) is 3.00. The number of nitrogens with one attached hydrogen (secondary N) is 2. The number of aromatic amines is 1. The van der Waals surface area contributed by atoms with Gasteiger partial charge in [-0.15, -0.1) is 0 Å². The van der Waals surface area contributed by atoms with Crippen LogP contribution in [0.15, 0.2) is 42.6 Å². The Bertz CT molecular complexity index is 743. The topological polar surface area (TPSA) is 88.6 Å². The molecule has 3 rings (SSSR count). The van der Waals surface area contributed by atoms with E-state index in [4.69, 9.17) is 4.74 Å². The summed E-state index contributed by atoms with van der Waals surface area (Å²) in [6.45, 7) is 1.86. The average molecular weight is 296 g/mol. The second-order valence-electron chi connectivity index (χ2n) is 4.69. The summed E-state index contributed by atoms with van der Waals surface area (Å²) in [5.74, 6) is 2.34. The number of benzene rings is 1. The van der Waals surface area contributed by atoms with Crippen LogP contribution in [0.25, 0.3) is 0 Å². The second-order valence-corrected chi connectivity index (χ2v) is 4.69. The number of hydrogen-bond donors (Lipinski definition) is 2. The van der Waals surface area contributed by atoms with E-state index in [1.807, 2.05) is 37.3 Å². The summed E-state index contributed by atoms with van der Waals surface area (Å²) < 4.78 is 5.12. The van der Waals surface area contributed by atoms with Gasteiger partial charge in [-0.2, -0.15) is 10.1 Å². The highest BCUT2D eigenvalue weighted by Crippen LogP contribution is 2.23. The summed E-state index contributed by atoms with van der Waals surface area (Å²) in [6, 6.07) is 11.4.